The van der Waals surface area contributed by atoms with Crippen LogP contribution in [0, 0.1) is 5.82 Å². The molecule has 2 atom stereocenters. The fraction of sp³-hybridized carbons (Fsp3) is 0.400. The molecule has 0 saturated heterocycles. The normalized spacial score (nSPS) is 15.4. The van der Waals surface area contributed by atoms with Crippen molar-refractivity contribution in [2.24, 2.45) is 5.73 Å². The van der Waals surface area contributed by atoms with Crippen molar-refractivity contribution < 1.29 is 4.39 Å². The van der Waals surface area contributed by atoms with Crippen molar-refractivity contribution in [2.75, 3.05) is 0 Å². The minimum Gasteiger partial charge on any atom is -0.327 e. The van der Waals surface area contributed by atoms with E-state index in [0.29, 0.717) is 5.25 Å². The molecule has 0 saturated carbocycles. The molecule has 0 bridgehead atoms. The summed E-state index contributed by atoms with van der Waals surface area (Å²) in [5.74, 6) is -0.196. The molecule has 13 heavy (non-hydrogen) atoms. The predicted octanol–water partition coefficient (Wildman–Crippen LogP) is 2.65. The Kier molecular flexibility index (Phi) is 3.75. The zero-order valence-electron chi connectivity index (χ0n) is 7.83. The van der Waals surface area contributed by atoms with Crippen molar-refractivity contribution >= 4 is 11.8 Å². The van der Waals surface area contributed by atoms with Crippen LogP contribution in [0.4, 0.5) is 4.39 Å². The van der Waals surface area contributed by atoms with Gasteiger partial charge in [0.1, 0.15) is 5.82 Å². The third kappa shape index (κ3) is 3.36. The molecular weight excluding hydrogens is 185 g/mol. The first-order valence-electron chi connectivity index (χ1n) is 4.27. The number of halogens is 1. The van der Waals surface area contributed by atoms with Crippen LogP contribution < -0.4 is 5.73 Å². The van der Waals surface area contributed by atoms with Crippen LogP contribution >= 0.6 is 11.8 Å². The first-order valence-corrected chi connectivity index (χ1v) is 5.15. The number of nitrogens with two attached hydrogens (primary N) is 1. The summed E-state index contributed by atoms with van der Waals surface area (Å²) in [7, 11) is 0. The van der Waals surface area contributed by atoms with Crippen LogP contribution in [0.2, 0.25) is 0 Å². The third-order valence-electron chi connectivity index (χ3n) is 1.88. The van der Waals surface area contributed by atoms with E-state index in [1.54, 1.807) is 23.9 Å². The highest BCUT2D eigenvalue weighted by molar-refractivity contribution is 8.00. The van der Waals surface area contributed by atoms with E-state index in [-0.39, 0.29) is 11.9 Å². The lowest BCUT2D eigenvalue weighted by molar-refractivity contribution is 0.626. The predicted molar refractivity (Wildman–Crippen MR) is 55.4 cm³/mol. The fourth-order valence-electron chi connectivity index (χ4n) is 0.835. The number of hydrogen-bond acceptors (Lipinski definition) is 2. The number of benzene rings is 1. The molecular formula is C10H14FNS. The molecule has 0 amide bonds. The molecule has 0 aliphatic carbocycles. The highest BCUT2D eigenvalue weighted by atomic mass is 32.2. The molecule has 2 unspecified atom stereocenters. The van der Waals surface area contributed by atoms with Gasteiger partial charge in [-0.05, 0) is 31.2 Å². The standard InChI is InChI=1S/C10H14FNS/c1-7(12)8(2)13-10-5-3-9(11)4-6-10/h3-8H,12H2,1-2H3. The van der Waals surface area contributed by atoms with E-state index in [1.165, 1.54) is 12.1 Å². The second kappa shape index (κ2) is 4.63. The summed E-state index contributed by atoms with van der Waals surface area (Å²) in [5.41, 5.74) is 5.72. The van der Waals surface area contributed by atoms with E-state index >= 15 is 0 Å². The summed E-state index contributed by atoms with van der Waals surface area (Å²) >= 11 is 1.67. The molecule has 0 heterocycles. The first-order chi connectivity index (χ1) is 6.09. The smallest absolute Gasteiger partial charge is 0.123 e. The number of rotatable bonds is 3. The molecule has 0 fully saturated rings. The van der Waals surface area contributed by atoms with Crippen molar-refractivity contribution in [1.82, 2.24) is 0 Å². The van der Waals surface area contributed by atoms with Gasteiger partial charge in [-0.2, -0.15) is 0 Å². The Morgan fingerprint density at radius 3 is 2.23 bits per heavy atom. The molecule has 2 N–H and O–H groups in total. The highest BCUT2D eigenvalue weighted by Crippen LogP contribution is 2.24. The van der Waals surface area contributed by atoms with Gasteiger partial charge in [0.2, 0.25) is 0 Å². The number of hydrogen-bond donors (Lipinski definition) is 1. The summed E-state index contributed by atoms with van der Waals surface area (Å²) in [6.45, 7) is 4.04. The van der Waals surface area contributed by atoms with Crippen molar-refractivity contribution in [2.45, 2.75) is 30.0 Å². The maximum Gasteiger partial charge on any atom is 0.123 e. The fourth-order valence-corrected chi connectivity index (χ4v) is 1.77. The van der Waals surface area contributed by atoms with Gasteiger partial charge in [0.15, 0.2) is 0 Å². The van der Waals surface area contributed by atoms with E-state index in [4.69, 9.17) is 5.73 Å². The average molecular weight is 199 g/mol. The molecule has 1 nitrogen and oxygen atoms in total. The minimum absolute atomic E-state index is 0.148. The summed E-state index contributed by atoms with van der Waals surface area (Å²) < 4.78 is 12.5. The van der Waals surface area contributed by atoms with E-state index in [9.17, 15) is 4.39 Å². The van der Waals surface area contributed by atoms with Crippen LogP contribution in [0.3, 0.4) is 0 Å². The van der Waals surface area contributed by atoms with Crippen LogP contribution in [-0.4, -0.2) is 11.3 Å². The third-order valence-corrected chi connectivity index (χ3v) is 3.22. The average Bonchev–Trinajstić information content (AvgIpc) is 2.08. The van der Waals surface area contributed by atoms with Crippen LogP contribution in [-0.2, 0) is 0 Å². The molecule has 1 aromatic rings. The molecule has 0 radical (unpaired) electrons. The molecule has 3 heteroatoms. The Morgan fingerprint density at radius 2 is 1.77 bits per heavy atom. The van der Waals surface area contributed by atoms with Gasteiger partial charge in [0.05, 0.1) is 0 Å². The molecule has 0 spiro atoms. The van der Waals surface area contributed by atoms with E-state index in [1.807, 2.05) is 6.92 Å². The largest absolute Gasteiger partial charge is 0.327 e. The molecule has 1 rings (SSSR count). The number of thioether (sulfide) groups is 1. The monoisotopic (exact) mass is 199 g/mol. The quantitative estimate of drug-likeness (QED) is 0.757. The Hall–Kier alpha value is -0.540. The van der Waals surface area contributed by atoms with Gasteiger partial charge >= 0.3 is 0 Å². The second-order valence-electron chi connectivity index (χ2n) is 3.14. The van der Waals surface area contributed by atoms with Crippen LogP contribution in [0.5, 0.6) is 0 Å². The Balaban J connectivity index is 2.59. The molecule has 0 aromatic heterocycles. The van der Waals surface area contributed by atoms with E-state index in [2.05, 4.69) is 6.92 Å². The lowest BCUT2D eigenvalue weighted by Crippen LogP contribution is -2.26. The molecule has 0 aliphatic heterocycles. The zero-order chi connectivity index (χ0) is 9.84. The van der Waals surface area contributed by atoms with Crippen molar-refractivity contribution in [3.05, 3.63) is 30.1 Å². The van der Waals surface area contributed by atoms with Crippen LogP contribution in [0.15, 0.2) is 29.2 Å². The summed E-state index contributed by atoms with van der Waals surface area (Å²) in [5, 5.41) is 0.352. The van der Waals surface area contributed by atoms with Crippen molar-refractivity contribution in [1.29, 1.82) is 0 Å². The van der Waals surface area contributed by atoms with Gasteiger partial charge in [0.25, 0.3) is 0 Å². The van der Waals surface area contributed by atoms with Gasteiger partial charge in [-0.15, -0.1) is 11.8 Å². The van der Waals surface area contributed by atoms with E-state index < -0.39 is 0 Å². The molecule has 72 valence electrons. The van der Waals surface area contributed by atoms with E-state index in [0.717, 1.165) is 4.90 Å². The minimum atomic E-state index is -0.196. The summed E-state index contributed by atoms with van der Waals surface area (Å²) in [6, 6.07) is 6.64. The highest BCUT2D eigenvalue weighted by Gasteiger charge is 2.08. The second-order valence-corrected chi connectivity index (χ2v) is 4.59. The van der Waals surface area contributed by atoms with Crippen LogP contribution in [0.25, 0.3) is 0 Å². The molecule has 0 aliphatic rings. The Morgan fingerprint density at radius 1 is 1.23 bits per heavy atom. The van der Waals surface area contributed by atoms with Gasteiger partial charge in [-0.25, -0.2) is 4.39 Å². The maximum atomic E-state index is 12.5. The lowest BCUT2D eigenvalue weighted by Gasteiger charge is -2.14. The van der Waals surface area contributed by atoms with Crippen molar-refractivity contribution in [3.8, 4) is 0 Å². The molecule has 1 aromatic carbocycles. The SMILES string of the molecule is CC(N)C(C)Sc1ccc(F)cc1. The van der Waals surface area contributed by atoms with Crippen molar-refractivity contribution in [3.63, 3.8) is 0 Å². The van der Waals surface area contributed by atoms with Gasteiger partial charge < -0.3 is 5.73 Å². The lowest BCUT2D eigenvalue weighted by atomic mass is 10.3. The maximum absolute atomic E-state index is 12.5. The summed E-state index contributed by atoms with van der Waals surface area (Å²) in [4.78, 5) is 1.06. The van der Waals surface area contributed by atoms with Gasteiger partial charge in [0, 0.05) is 16.2 Å². The summed E-state index contributed by atoms with van der Waals surface area (Å²) in [6.07, 6.45) is 0. The topological polar surface area (TPSA) is 26.0 Å². The van der Waals surface area contributed by atoms with Crippen LogP contribution in [0.1, 0.15) is 13.8 Å². The Labute approximate surface area is 82.5 Å². The van der Waals surface area contributed by atoms with Gasteiger partial charge in [-0.1, -0.05) is 6.92 Å². The first kappa shape index (κ1) is 10.5. The zero-order valence-corrected chi connectivity index (χ0v) is 8.64. The van der Waals surface area contributed by atoms with Gasteiger partial charge in [-0.3, -0.25) is 0 Å². The Bertz CT molecular complexity index is 258.